The summed E-state index contributed by atoms with van der Waals surface area (Å²) < 4.78 is 0. The van der Waals surface area contributed by atoms with Crippen molar-refractivity contribution in [1.29, 1.82) is 0 Å². The Labute approximate surface area is 157 Å². The number of aryl methyl sites for hydroxylation is 2. The number of hydrogen-bond donors (Lipinski definition) is 2. The Kier molecular flexibility index (Phi) is 7.52. The number of hydrogen-bond acceptors (Lipinski definition) is 3. The molecule has 0 aliphatic heterocycles. The molecule has 0 saturated heterocycles. The fourth-order valence-corrected chi connectivity index (χ4v) is 2.96. The Hall–Kier alpha value is -2.49. The van der Waals surface area contributed by atoms with Gasteiger partial charge in [-0.1, -0.05) is 19.1 Å². The highest BCUT2D eigenvalue weighted by molar-refractivity contribution is 5.92. The van der Waals surface area contributed by atoms with Crippen LogP contribution in [-0.4, -0.2) is 25.5 Å². The minimum Gasteiger partial charge on any atom is -0.385 e. The highest BCUT2D eigenvalue weighted by atomic mass is 16.1. The molecule has 0 heterocycles. The summed E-state index contributed by atoms with van der Waals surface area (Å²) in [4.78, 5) is 14.5. The van der Waals surface area contributed by atoms with Crippen LogP contribution in [0.25, 0.3) is 0 Å². The van der Waals surface area contributed by atoms with E-state index in [0.29, 0.717) is 13.0 Å². The van der Waals surface area contributed by atoms with E-state index in [9.17, 15) is 4.79 Å². The van der Waals surface area contributed by atoms with Crippen LogP contribution in [0, 0.1) is 6.92 Å². The topological polar surface area (TPSA) is 44.4 Å². The molecule has 0 spiro atoms. The van der Waals surface area contributed by atoms with E-state index < -0.39 is 0 Å². The Morgan fingerprint density at radius 2 is 1.69 bits per heavy atom. The third-order valence-corrected chi connectivity index (χ3v) is 4.66. The van der Waals surface area contributed by atoms with Gasteiger partial charge in [-0.3, -0.25) is 4.79 Å². The first-order chi connectivity index (χ1) is 12.6. The molecule has 2 aromatic rings. The van der Waals surface area contributed by atoms with Crippen molar-refractivity contribution in [3.05, 3.63) is 53.6 Å². The zero-order valence-corrected chi connectivity index (χ0v) is 16.4. The molecule has 0 aliphatic carbocycles. The molecule has 0 bridgehead atoms. The van der Waals surface area contributed by atoms with E-state index in [0.717, 1.165) is 36.4 Å². The van der Waals surface area contributed by atoms with Crippen LogP contribution in [0.1, 0.15) is 38.3 Å². The van der Waals surface area contributed by atoms with Crippen LogP contribution in [-0.2, 0) is 11.2 Å². The van der Waals surface area contributed by atoms with E-state index >= 15 is 0 Å². The lowest BCUT2D eigenvalue weighted by atomic mass is 10.1. The molecule has 0 atom stereocenters. The van der Waals surface area contributed by atoms with Gasteiger partial charge in [-0.05, 0) is 68.7 Å². The van der Waals surface area contributed by atoms with Gasteiger partial charge < -0.3 is 15.5 Å². The maximum absolute atomic E-state index is 12.2. The molecule has 0 aromatic heterocycles. The van der Waals surface area contributed by atoms with E-state index in [1.54, 1.807) is 0 Å². The molecule has 0 fully saturated rings. The standard InChI is InChI=1S/C22H31N3O/c1-5-18-8-10-19(11-9-18)23-15-14-22(26)24-21-13-12-20(16-17(21)4)25(6-2)7-3/h8-13,16,23H,5-7,14-15H2,1-4H3,(H,24,26). The molecule has 0 saturated carbocycles. The third kappa shape index (κ3) is 5.51. The number of carbonyl (C=O) groups is 1. The van der Waals surface area contributed by atoms with Crippen molar-refractivity contribution in [3.8, 4) is 0 Å². The Bertz CT molecular complexity index is 706. The van der Waals surface area contributed by atoms with Crippen molar-refractivity contribution in [1.82, 2.24) is 0 Å². The van der Waals surface area contributed by atoms with Crippen LogP contribution in [0.2, 0.25) is 0 Å². The Balaban J connectivity index is 1.85. The number of amides is 1. The Morgan fingerprint density at radius 3 is 2.27 bits per heavy atom. The summed E-state index contributed by atoms with van der Waals surface area (Å²) in [5.74, 6) is 0.0290. The van der Waals surface area contributed by atoms with Gasteiger partial charge in [0.2, 0.25) is 5.91 Å². The SMILES string of the molecule is CCc1ccc(NCCC(=O)Nc2ccc(N(CC)CC)cc2C)cc1. The van der Waals surface area contributed by atoms with Crippen molar-refractivity contribution in [2.24, 2.45) is 0 Å². The summed E-state index contributed by atoms with van der Waals surface area (Å²) in [5.41, 5.74) is 5.54. The van der Waals surface area contributed by atoms with Gasteiger partial charge in [0, 0.05) is 43.1 Å². The molecule has 4 heteroatoms. The lowest BCUT2D eigenvalue weighted by Crippen LogP contribution is -2.22. The molecule has 4 nitrogen and oxygen atoms in total. The first kappa shape index (κ1) is 19.8. The van der Waals surface area contributed by atoms with Crippen LogP contribution < -0.4 is 15.5 Å². The summed E-state index contributed by atoms with van der Waals surface area (Å²) >= 11 is 0. The molecular weight excluding hydrogens is 322 g/mol. The number of benzene rings is 2. The molecule has 2 rings (SSSR count). The molecule has 2 aromatic carbocycles. The van der Waals surface area contributed by atoms with Crippen molar-refractivity contribution in [2.45, 2.75) is 40.5 Å². The molecule has 140 valence electrons. The summed E-state index contributed by atoms with van der Waals surface area (Å²) in [6, 6.07) is 14.6. The maximum Gasteiger partial charge on any atom is 0.226 e. The highest BCUT2D eigenvalue weighted by Crippen LogP contribution is 2.22. The van der Waals surface area contributed by atoms with E-state index in [2.05, 4.69) is 72.7 Å². The van der Waals surface area contributed by atoms with Gasteiger partial charge >= 0.3 is 0 Å². The van der Waals surface area contributed by atoms with Gasteiger partial charge in [-0.2, -0.15) is 0 Å². The summed E-state index contributed by atoms with van der Waals surface area (Å²) in [5, 5.41) is 6.32. The van der Waals surface area contributed by atoms with Gasteiger partial charge in [0.15, 0.2) is 0 Å². The maximum atomic E-state index is 12.2. The van der Waals surface area contributed by atoms with Gasteiger partial charge in [0.25, 0.3) is 0 Å². The highest BCUT2D eigenvalue weighted by Gasteiger charge is 2.08. The number of carbonyl (C=O) groups excluding carboxylic acids is 1. The smallest absolute Gasteiger partial charge is 0.226 e. The van der Waals surface area contributed by atoms with Crippen molar-refractivity contribution >= 4 is 23.0 Å². The number of nitrogens with zero attached hydrogens (tertiary/aromatic N) is 1. The van der Waals surface area contributed by atoms with Crippen LogP contribution in [0.4, 0.5) is 17.1 Å². The summed E-state index contributed by atoms with van der Waals surface area (Å²) in [7, 11) is 0. The zero-order chi connectivity index (χ0) is 18.9. The van der Waals surface area contributed by atoms with Crippen LogP contribution in [0.15, 0.2) is 42.5 Å². The minimum atomic E-state index is 0.0290. The van der Waals surface area contributed by atoms with Crippen molar-refractivity contribution in [2.75, 3.05) is 35.2 Å². The quantitative estimate of drug-likeness (QED) is 0.678. The average molecular weight is 354 g/mol. The van der Waals surface area contributed by atoms with Gasteiger partial charge in [-0.15, -0.1) is 0 Å². The zero-order valence-electron chi connectivity index (χ0n) is 16.4. The third-order valence-electron chi connectivity index (χ3n) is 4.66. The van der Waals surface area contributed by atoms with Gasteiger partial charge in [0.1, 0.15) is 0 Å². The Morgan fingerprint density at radius 1 is 1.00 bits per heavy atom. The molecule has 0 unspecified atom stereocenters. The second kappa shape index (κ2) is 9.85. The van der Waals surface area contributed by atoms with Crippen LogP contribution in [0.3, 0.4) is 0 Å². The fraction of sp³-hybridized carbons (Fsp3) is 0.409. The minimum absolute atomic E-state index is 0.0290. The normalized spacial score (nSPS) is 10.5. The van der Waals surface area contributed by atoms with E-state index in [1.807, 2.05) is 13.0 Å². The van der Waals surface area contributed by atoms with Crippen LogP contribution in [0.5, 0.6) is 0 Å². The lowest BCUT2D eigenvalue weighted by molar-refractivity contribution is -0.115. The van der Waals surface area contributed by atoms with Gasteiger partial charge in [-0.25, -0.2) is 0 Å². The molecular formula is C22H31N3O. The first-order valence-corrected chi connectivity index (χ1v) is 9.55. The van der Waals surface area contributed by atoms with Crippen LogP contribution >= 0.6 is 0 Å². The summed E-state index contributed by atoms with van der Waals surface area (Å²) in [6.07, 6.45) is 1.47. The molecule has 0 aliphatic rings. The van der Waals surface area contributed by atoms with Crippen molar-refractivity contribution < 1.29 is 4.79 Å². The van der Waals surface area contributed by atoms with E-state index in [1.165, 1.54) is 11.3 Å². The monoisotopic (exact) mass is 353 g/mol. The molecule has 2 N–H and O–H groups in total. The second-order valence-electron chi connectivity index (χ2n) is 6.45. The predicted molar refractivity (Wildman–Crippen MR) is 112 cm³/mol. The molecule has 26 heavy (non-hydrogen) atoms. The van der Waals surface area contributed by atoms with Gasteiger partial charge in [0.05, 0.1) is 0 Å². The second-order valence-corrected chi connectivity index (χ2v) is 6.45. The number of nitrogens with one attached hydrogen (secondary N) is 2. The molecule has 0 radical (unpaired) electrons. The predicted octanol–water partition coefficient (Wildman–Crippen LogP) is 4.84. The largest absolute Gasteiger partial charge is 0.385 e. The fourth-order valence-electron chi connectivity index (χ4n) is 2.96. The summed E-state index contributed by atoms with van der Waals surface area (Å²) in [6.45, 7) is 11.1. The van der Waals surface area contributed by atoms with Crippen molar-refractivity contribution in [3.63, 3.8) is 0 Å². The first-order valence-electron chi connectivity index (χ1n) is 9.55. The molecule has 1 amide bonds. The number of anilines is 3. The van der Waals surface area contributed by atoms with E-state index in [4.69, 9.17) is 0 Å². The number of rotatable bonds is 9. The lowest BCUT2D eigenvalue weighted by Gasteiger charge is -2.22. The average Bonchev–Trinajstić information content (AvgIpc) is 2.65. The van der Waals surface area contributed by atoms with E-state index in [-0.39, 0.29) is 5.91 Å².